The second-order valence-corrected chi connectivity index (χ2v) is 14.7. The number of aliphatic hydroxyl groups is 1. The third kappa shape index (κ3) is 4.72. The largest absolute Gasteiger partial charge is 0.465 e. The van der Waals surface area contributed by atoms with E-state index >= 15 is 0 Å². The zero-order valence-electron chi connectivity index (χ0n) is 24.3. The summed E-state index contributed by atoms with van der Waals surface area (Å²) >= 11 is 0. The van der Waals surface area contributed by atoms with Crippen LogP contribution in [0.15, 0.2) is 107 Å². The van der Waals surface area contributed by atoms with Crippen LogP contribution in [-0.2, 0) is 36.9 Å². The van der Waals surface area contributed by atoms with E-state index in [0.29, 0.717) is 5.56 Å². The van der Waals surface area contributed by atoms with Gasteiger partial charge in [0.25, 0.3) is 10.0 Å². The van der Waals surface area contributed by atoms with E-state index in [2.05, 4.69) is 0 Å². The second-order valence-electron chi connectivity index (χ2n) is 10.9. The van der Waals surface area contributed by atoms with Crippen LogP contribution in [-0.4, -0.2) is 49.8 Å². The quantitative estimate of drug-likeness (QED) is 0.269. The number of benzene rings is 4. The van der Waals surface area contributed by atoms with Crippen LogP contribution in [0.25, 0.3) is 10.9 Å². The summed E-state index contributed by atoms with van der Waals surface area (Å²) in [5.74, 6) is -0.641. The molecule has 4 aromatic carbocycles. The minimum atomic E-state index is -4.32. The van der Waals surface area contributed by atoms with E-state index in [9.17, 15) is 26.7 Å². The molecule has 44 heavy (non-hydrogen) atoms. The molecule has 0 unspecified atom stereocenters. The van der Waals surface area contributed by atoms with Crippen molar-refractivity contribution in [2.75, 3.05) is 13.7 Å². The van der Waals surface area contributed by atoms with Gasteiger partial charge in [0, 0.05) is 10.9 Å². The number of esters is 1. The molecule has 2 heterocycles. The molecule has 1 atom stereocenters. The van der Waals surface area contributed by atoms with Gasteiger partial charge in [-0.1, -0.05) is 65.7 Å². The number of aromatic nitrogens is 1. The Balaban J connectivity index is 1.70. The molecule has 0 aliphatic carbocycles. The van der Waals surface area contributed by atoms with Crippen LogP contribution in [0.3, 0.4) is 0 Å². The average Bonchev–Trinajstić information content (AvgIpc) is 3.36. The molecule has 1 aliphatic heterocycles. The van der Waals surface area contributed by atoms with E-state index in [4.69, 9.17) is 4.74 Å². The minimum absolute atomic E-state index is 0.0124. The van der Waals surface area contributed by atoms with Crippen molar-refractivity contribution in [2.45, 2.75) is 35.8 Å². The highest BCUT2D eigenvalue weighted by Crippen LogP contribution is 2.46. The molecule has 1 aliphatic rings. The maximum atomic E-state index is 14.4. The summed E-state index contributed by atoms with van der Waals surface area (Å²) in [6, 6.07) is 25.6. The van der Waals surface area contributed by atoms with Crippen LogP contribution in [0, 0.1) is 13.8 Å². The van der Waals surface area contributed by atoms with Crippen molar-refractivity contribution in [1.29, 1.82) is 0 Å². The van der Waals surface area contributed by atoms with Crippen molar-refractivity contribution in [1.82, 2.24) is 8.28 Å². The van der Waals surface area contributed by atoms with Crippen molar-refractivity contribution in [2.24, 2.45) is 0 Å². The highest BCUT2D eigenvalue weighted by Gasteiger charge is 2.48. The van der Waals surface area contributed by atoms with E-state index in [1.807, 2.05) is 13.8 Å². The summed E-state index contributed by atoms with van der Waals surface area (Å²) in [6.45, 7) is 2.93. The topological polar surface area (TPSA) is 123 Å². The van der Waals surface area contributed by atoms with Gasteiger partial charge in [-0.05, 0) is 61.9 Å². The van der Waals surface area contributed by atoms with Crippen LogP contribution in [0.5, 0.6) is 0 Å². The molecule has 0 radical (unpaired) electrons. The van der Waals surface area contributed by atoms with Gasteiger partial charge in [0.15, 0.2) is 0 Å². The zero-order chi connectivity index (χ0) is 31.4. The van der Waals surface area contributed by atoms with Gasteiger partial charge >= 0.3 is 5.97 Å². The van der Waals surface area contributed by atoms with Gasteiger partial charge in [0.1, 0.15) is 5.60 Å². The molecule has 0 saturated carbocycles. The number of rotatable bonds is 6. The van der Waals surface area contributed by atoms with Crippen LogP contribution in [0.2, 0.25) is 0 Å². The molecule has 6 rings (SSSR count). The Hall–Kier alpha value is -4.29. The van der Waals surface area contributed by atoms with Gasteiger partial charge in [-0.3, -0.25) is 0 Å². The van der Waals surface area contributed by atoms with Crippen molar-refractivity contribution in [3.8, 4) is 0 Å². The number of carbonyl (C=O) groups excluding carboxylic acids is 1. The lowest BCUT2D eigenvalue weighted by Gasteiger charge is -2.39. The van der Waals surface area contributed by atoms with Gasteiger partial charge < -0.3 is 9.84 Å². The maximum absolute atomic E-state index is 14.4. The van der Waals surface area contributed by atoms with Gasteiger partial charge in [-0.25, -0.2) is 25.6 Å². The summed E-state index contributed by atoms with van der Waals surface area (Å²) in [7, 11) is -7.29. The SMILES string of the molecule is COC(=O)c1ccc2c(c1)c1c(n2S(=O)(=O)c2ccc(C)cc2)CN(S(=O)(=O)c2ccc(C)cc2)C[C@@]1(O)c1ccccc1. The standard InChI is InChI=1S/C33H30N2O7S2/c1-22-9-14-26(15-10-22)43(38,39)34-20-30-31(33(37,21-34)25-7-5-4-6-8-25)28-19-24(32(36)42-3)13-18-29(28)35(30)44(40,41)27-16-11-23(2)12-17-27/h4-19,37H,20-21H2,1-3H3/t33-/m1/s1. The Morgan fingerprint density at radius 2 is 1.36 bits per heavy atom. The first-order valence-electron chi connectivity index (χ1n) is 13.8. The summed E-state index contributed by atoms with van der Waals surface area (Å²) in [6.07, 6.45) is 0. The minimum Gasteiger partial charge on any atom is -0.465 e. The van der Waals surface area contributed by atoms with Gasteiger partial charge in [-0.2, -0.15) is 4.31 Å². The number of nitrogens with zero attached hydrogens (tertiary/aromatic N) is 2. The molecule has 11 heteroatoms. The monoisotopic (exact) mass is 630 g/mol. The summed E-state index contributed by atoms with van der Waals surface area (Å²) in [5.41, 5.74) is 0.709. The predicted molar refractivity (Wildman–Crippen MR) is 165 cm³/mol. The Morgan fingerprint density at radius 1 is 0.795 bits per heavy atom. The lowest BCUT2D eigenvalue weighted by molar-refractivity contribution is 0.0464. The molecule has 0 amide bonds. The molecule has 0 saturated heterocycles. The molecule has 5 aromatic rings. The van der Waals surface area contributed by atoms with Crippen molar-refractivity contribution < 1.29 is 31.5 Å². The smallest absolute Gasteiger partial charge is 0.337 e. The first-order valence-corrected chi connectivity index (χ1v) is 16.7. The van der Waals surface area contributed by atoms with Crippen molar-refractivity contribution in [3.63, 3.8) is 0 Å². The Kier molecular flexibility index (Phi) is 7.24. The molecule has 0 spiro atoms. The highest BCUT2D eigenvalue weighted by atomic mass is 32.2. The normalized spacial score (nSPS) is 17.4. The number of aryl methyl sites for hydroxylation is 2. The summed E-state index contributed by atoms with van der Waals surface area (Å²) < 4.78 is 64.1. The van der Waals surface area contributed by atoms with Crippen molar-refractivity contribution in [3.05, 3.63) is 131 Å². The Morgan fingerprint density at radius 3 is 1.93 bits per heavy atom. The molecule has 0 bridgehead atoms. The number of sulfonamides is 1. The Bertz CT molecular complexity index is 2120. The first kappa shape index (κ1) is 29.8. The summed E-state index contributed by atoms with van der Waals surface area (Å²) in [5, 5.41) is 12.9. The lowest BCUT2D eigenvalue weighted by Crippen LogP contribution is -2.49. The molecular formula is C33H30N2O7S2. The molecule has 1 N–H and O–H groups in total. The number of β-amino-alcohol motifs (C(OH)–C–C–N with tert-alkyl or cyclic N) is 1. The second kappa shape index (κ2) is 10.7. The average molecular weight is 631 g/mol. The maximum Gasteiger partial charge on any atom is 0.337 e. The lowest BCUT2D eigenvalue weighted by atomic mass is 9.82. The number of ether oxygens (including phenoxy) is 1. The third-order valence-electron chi connectivity index (χ3n) is 8.05. The van der Waals surface area contributed by atoms with Crippen LogP contribution < -0.4 is 0 Å². The highest BCUT2D eigenvalue weighted by molar-refractivity contribution is 7.90. The van der Waals surface area contributed by atoms with E-state index in [0.717, 1.165) is 19.4 Å². The number of hydrogen-bond acceptors (Lipinski definition) is 7. The van der Waals surface area contributed by atoms with Crippen LogP contribution >= 0.6 is 0 Å². The van der Waals surface area contributed by atoms with Crippen LogP contribution in [0.4, 0.5) is 0 Å². The van der Waals surface area contributed by atoms with Crippen LogP contribution in [0.1, 0.15) is 38.3 Å². The van der Waals surface area contributed by atoms with E-state index in [1.165, 1.54) is 49.6 Å². The third-order valence-corrected chi connectivity index (χ3v) is 11.6. The molecule has 1 aromatic heterocycles. The molecule has 0 fully saturated rings. The van der Waals surface area contributed by atoms with Gasteiger partial charge in [0.05, 0.1) is 46.8 Å². The fourth-order valence-corrected chi connectivity index (χ4v) is 8.77. The van der Waals surface area contributed by atoms with E-state index in [1.54, 1.807) is 54.6 Å². The molecule has 9 nitrogen and oxygen atoms in total. The summed E-state index contributed by atoms with van der Waals surface area (Å²) in [4.78, 5) is 12.6. The number of hydrogen-bond donors (Lipinski definition) is 1. The van der Waals surface area contributed by atoms with E-state index in [-0.39, 0.29) is 44.1 Å². The molecular weight excluding hydrogens is 601 g/mol. The predicted octanol–water partition coefficient (Wildman–Crippen LogP) is 4.72. The fraction of sp³-hybridized carbons (Fsp3) is 0.182. The Labute approximate surface area is 256 Å². The number of carbonyl (C=O) groups is 1. The number of methoxy groups -OCH3 is 1. The first-order chi connectivity index (χ1) is 20.9. The fourth-order valence-electron chi connectivity index (χ4n) is 5.79. The van der Waals surface area contributed by atoms with Crippen molar-refractivity contribution >= 4 is 36.9 Å². The molecule has 226 valence electrons. The van der Waals surface area contributed by atoms with E-state index < -0.39 is 38.2 Å². The zero-order valence-corrected chi connectivity index (χ0v) is 25.9. The van der Waals surface area contributed by atoms with Gasteiger partial charge in [-0.15, -0.1) is 0 Å². The van der Waals surface area contributed by atoms with Gasteiger partial charge in [0.2, 0.25) is 10.0 Å². The number of fused-ring (bicyclic) bond motifs is 3.